The molecule has 0 aromatic heterocycles. The highest BCUT2D eigenvalue weighted by atomic mass is 19.1. The van der Waals surface area contributed by atoms with E-state index in [4.69, 9.17) is 0 Å². The smallest absolute Gasteiger partial charge is 0.319 e. The van der Waals surface area contributed by atoms with Crippen molar-refractivity contribution in [1.29, 1.82) is 0 Å². The quantitative estimate of drug-likeness (QED) is 0.510. The Labute approximate surface area is 195 Å². The van der Waals surface area contributed by atoms with Crippen molar-refractivity contribution in [3.63, 3.8) is 0 Å². The van der Waals surface area contributed by atoms with Gasteiger partial charge in [-0.05, 0) is 75.4 Å². The van der Waals surface area contributed by atoms with Gasteiger partial charge in [0, 0.05) is 30.4 Å². The van der Waals surface area contributed by atoms with E-state index in [9.17, 15) is 19.1 Å². The Morgan fingerprint density at radius 3 is 2.61 bits per heavy atom. The van der Waals surface area contributed by atoms with Crippen molar-refractivity contribution in [2.75, 3.05) is 25.0 Å². The van der Waals surface area contributed by atoms with E-state index in [2.05, 4.69) is 22.5 Å². The molecule has 3 rings (SSSR count). The first kappa shape index (κ1) is 24.9. The average Bonchev–Trinajstić information content (AvgIpc) is 2.78. The lowest BCUT2D eigenvalue weighted by Gasteiger charge is -2.42. The van der Waals surface area contributed by atoms with Gasteiger partial charge in [-0.3, -0.25) is 9.69 Å². The largest absolute Gasteiger partial charge is 0.387 e. The number of benzene rings is 2. The molecule has 2 amide bonds. The van der Waals surface area contributed by atoms with Gasteiger partial charge in [-0.15, -0.1) is 0 Å². The van der Waals surface area contributed by atoms with Gasteiger partial charge in [0.25, 0.3) is 0 Å². The summed E-state index contributed by atoms with van der Waals surface area (Å²) in [5, 5.41) is 16.4. The number of carbonyl (C=O) groups is 2. The Kier molecular flexibility index (Phi) is 8.21. The Morgan fingerprint density at radius 2 is 1.94 bits per heavy atom. The molecule has 6 nitrogen and oxygen atoms in total. The lowest BCUT2D eigenvalue weighted by atomic mass is 9.84. The molecule has 1 aliphatic rings. The van der Waals surface area contributed by atoms with Crippen molar-refractivity contribution in [3.8, 4) is 0 Å². The van der Waals surface area contributed by atoms with Gasteiger partial charge in [0.2, 0.25) is 0 Å². The summed E-state index contributed by atoms with van der Waals surface area (Å²) in [4.78, 5) is 26.1. The minimum absolute atomic E-state index is 0.0735. The zero-order valence-corrected chi connectivity index (χ0v) is 19.6. The summed E-state index contributed by atoms with van der Waals surface area (Å²) in [6, 6.07) is 13.4. The molecular formula is C26H34FN3O3. The number of anilines is 1. The number of likely N-dealkylation sites (tertiary alicyclic amines) is 1. The van der Waals surface area contributed by atoms with E-state index in [0.29, 0.717) is 29.8 Å². The fraction of sp³-hybridized carbons (Fsp3) is 0.462. The molecule has 2 aromatic carbocycles. The van der Waals surface area contributed by atoms with E-state index >= 15 is 0 Å². The van der Waals surface area contributed by atoms with Crippen LogP contribution in [0.4, 0.5) is 14.9 Å². The average molecular weight is 456 g/mol. The topological polar surface area (TPSA) is 81.7 Å². The summed E-state index contributed by atoms with van der Waals surface area (Å²) in [5.41, 5.74) is 1.10. The highest BCUT2D eigenvalue weighted by molar-refractivity contribution is 5.96. The standard InChI is InChI=1S/C26H34FN3O3/c1-4-24-15-21(19-8-10-22(27)11-9-19)12-13-30(24)17-26(3,33)16-28-25(32)29-23-7-5-6-20(14-23)18(2)31/h5-11,14,21,24,33H,4,12-13,15-17H2,1-3H3,(H2,28,29,32)/t21?,24?,26-/m0/s1. The van der Waals surface area contributed by atoms with Crippen LogP contribution < -0.4 is 10.6 Å². The highest BCUT2D eigenvalue weighted by Gasteiger charge is 2.33. The number of carbonyl (C=O) groups excluding carboxylic acids is 2. The third kappa shape index (κ3) is 7.11. The van der Waals surface area contributed by atoms with E-state index in [-0.39, 0.29) is 18.1 Å². The van der Waals surface area contributed by atoms with Crippen molar-refractivity contribution in [2.45, 2.75) is 57.6 Å². The summed E-state index contributed by atoms with van der Waals surface area (Å²) < 4.78 is 13.3. The maximum atomic E-state index is 13.3. The number of nitrogens with one attached hydrogen (secondary N) is 2. The second kappa shape index (κ2) is 10.9. The number of Topliss-reactive ketones (excluding diaryl/α,β-unsaturated/α-hetero) is 1. The van der Waals surface area contributed by atoms with Gasteiger partial charge in [-0.25, -0.2) is 9.18 Å². The lowest BCUT2D eigenvalue weighted by Crippen LogP contribution is -2.53. The second-order valence-corrected chi connectivity index (χ2v) is 9.25. The monoisotopic (exact) mass is 455 g/mol. The van der Waals surface area contributed by atoms with Gasteiger partial charge in [-0.1, -0.05) is 31.2 Å². The van der Waals surface area contributed by atoms with E-state index in [1.807, 2.05) is 12.1 Å². The zero-order valence-electron chi connectivity index (χ0n) is 19.6. The number of amides is 2. The van der Waals surface area contributed by atoms with Gasteiger partial charge >= 0.3 is 6.03 Å². The molecule has 7 heteroatoms. The molecule has 0 bridgehead atoms. The van der Waals surface area contributed by atoms with Crippen molar-refractivity contribution in [2.24, 2.45) is 0 Å². The Balaban J connectivity index is 1.52. The number of hydrogen-bond acceptors (Lipinski definition) is 4. The molecule has 3 atom stereocenters. The Hall–Kier alpha value is -2.77. The van der Waals surface area contributed by atoms with E-state index in [0.717, 1.165) is 31.4 Å². The molecule has 2 unspecified atom stereocenters. The fourth-order valence-electron chi connectivity index (χ4n) is 4.53. The normalized spacial score (nSPS) is 20.6. The maximum absolute atomic E-state index is 13.3. The maximum Gasteiger partial charge on any atom is 0.319 e. The first-order valence-corrected chi connectivity index (χ1v) is 11.5. The van der Waals surface area contributed by atoms with Crippen molar-refractivity contribution in [1.82, 2.24) is 10.2 Å². The lowest BCUT2D eigenvalue weighted by molar-refractivity contribution is -0.00429. The minimum Gasteiger partial charge on any atom is -0.387 e. The third-order valence-corrected chi connectivity index (χ3v) is 6.35. The van der Waals surface area contributed by atoms with E-state index < -0.39 is 11.6 Å². The van der Waals surface area contributed by atoms with Gasteiger partial charge < -0.3 is 15.7 Å². The van der Waals surface area contributed by atoms with Crippen LogP contribution in [0.15, 0.2) is 48.5 Å². The summed E-state index contributed by atoms with van der Waals surface area (Å²) in [6.07, 6.45) is 2.85. The number of piperidine rings is 1. The first-order valence-electron chi connectivity index (χ1n) is 11.5. The first-order chi connectivity index (χ1) is 15.7. The van der Waals surface area contributed by atoms with E-state index in [1.165, 1.54) is 19.1 Å². The van der Waals surface area contributed by atoms with Crippen molar-refractivity contribution in [3.05, 3.63) is 65.5 Å². The summed E-state index contributed by atoms with van der Waals surface area (Å²) >= 11 is 0. The molecule has 2 aromatic rings. The third-order valence-electron chi connectivity index (χ3n) is 6.35. The van der Waals surface area contributed by atoms with Gasteiger partial charge in [0.1, 0.15) is 5.82 Å². The van der Waals surface area contributed by atoms with Crippen molar-refractivity contribution >= 4 is 17.5 Å². The van der Waals surface area contributed by atoms with Crippen LogP contribution in [0.1, 0.15) is 61.9 Å². The predicted molar refractivity (Wildman–Crippen MR) is 128 cm³/mol. The van der Waals surface area contributed by atoms with Gasteiger partial charge in [-0.2, -0.15) is 0 Å². The molecule has 1 heterocycles. The van der Waals surface area contributed by atoms with Crippen LogP contribution in [0, 0.1) is 5.82 Å². The summed E-state index contributed by atoms with van der Waals surface area (Å²) in [6.45, 7) is 6.72. The number of halogens is 1. The molecule has 33 heavy (non-hydrogen) atoms. The van der Waals surface area contributed by atoms with Crippen LogP contribution in [0.5, 0.6) is 0 Å². The number of urea groups is 1. The minimum atomic E-state index is -1.10. The number of aliphatic hydroxyl groups is 1. The number of rotatable bonds is 8. The molecule has 1 aliphatic heterocycles. The molecule has 0 aliphatic carbocycles. The molecule has 3 N–H and O–H groups in total. The number of ketones is 1. The molecular weight excluding hydrogens is 421 g/mol. The SMILES string of the molecule is CCC1CC(c2ccc(F)cc2)CCN1C[C@@](C)(O)CNC(=O)Nc1cccc(C(C)=O)c1. The molecule has 0 saturated carbocycles. The van der Waals surface area contributed by atoms with Gasteiger partial charge in [0.05, 0.1) is 5.60 Å². The fourth-order valence-corrected chi connectivity index (χ4v) is 4.53. The van der Waals surface area contributed by atoms with Crippen LogP contribution in [0.2, 0.25) is 0 Å². The Morgan fingerprint density at radius 1 is 1.21 bits per heavy atom. The number of β-amino-alcohol motifs (C(OH)–C–C–N with tert-alkyl or cyclic N) is 1. The van der Waals surface area contributed by atoms with Crippen LogP contribution in [-0.2, 0) is 0 Å². The second-order valence-electron chi connectivity index (χ2n) is 9.25. The van der Waals surface area contributed by atoms with Crippen LogP contribution >= 0.6 is 0 Å². The molecule has 0 spiro atoms. The highest BCUT2D eigenvalue weighted by Crippen LogP contribution is 2.33. The summed E-state index contributed by atoms with van der Waals surface area (Å²) in [7, 11) is 0. The predicted octanol–water partition coefficient (Wildman–Crippen LogP) is 4.56. The van der Waals surface area contributed by atoms with Crippen LogP contribution in [0.25, 0.3) is 0 Å². The Bertz CT molecular complexity index is 962. The molecule has 178 valence electrons. The van der Waals surface area contributed by atoms with Crippen LogP contribution in [0.3, 0.4) is 0 Å². The van der Waals surface area contributed by atoms with Crippen molar-refractivity contribution < 1.29 is 19.1 Å². The van der Waals surface area contributed by atoms with E-state index in [1.54, 1.807) is 31.2 Å². The molecule has 1 fully saturated rings. The zero-order chi connectivity index (χ0) is 24.0. The number of hydrogen-bond donors (Lipinski definition) is 3. The van der Waals surface area contributed by atoms with Crippen LogP contribution in [-0.4, -0.2) is 53.1 Å². The van der Waals surface area contributed by atoms with Gasteiger partial charge in [0.15, 0.2) is 5.78 Å². The number of nitrogens with zero attached hydrogens (tertiary/aromatic N) is 1. The summed E-state index contributed by atoms with van der Waals surface area (Å²) in [5.74, 6) is 0.0875. The molecule has 0 radical (unpaired) electrons. The molecule has 1 saturated heterocycles.